The number of piperidine rings is 1. The highest BCUT2D eigenvalue weighted by Gasteiger charge is 2.29. The molecular weight excluding hydrogens is 473 g/mol. The summed E-state index contributed by atoms with van der Waals surface area (Å²) in [6.45, 7) is 2.73. The molecule has 2 aromatic rings. The average Bonchev–Trinajstić information content (AvgIpc) is 2.65. The number of hydrogen-bond acceptors (Lipinski definition) is 3. The highest BCUT2D eigenvalue weighted by Crippen LogP contribution is 2.29. The van der Waals surface area contributed by atoms with E-state index in [1.165, 1.54) is 4.31 Å². The van der Waals surface area contributed by atoms with Gasteiger partial charge in [-0.1, -0.05) is 6.92 Å². The molecule has 29 heavy (non-hydrogen) atoms. The first-order valence-corrected chi connectivity index (χ1v) is 11.1. The van der Waals surface area contributed by atoms with Crippen LogP contribution in [-0.4, -0.2) is 31.7 Å². The van der Waals surface area contributed by atoms with Gasteiger partial charge in [0.2, 0.25) is 10.0 Å². The van der Waals surface area contributed by atoms with E-state index >= 15 is 0 Å². The van der Waals surface area contributed by atoms with Crippen LogP contribution in [0.2, 0.25) is 0 Å². The lowest BCUT2D eigenvalue weighted by Crippen LogP contribution is -2.38. The molecule has 0 atom stereocenters. The molecule has 1 aliphatic heterocycles. The molecule has 1 saturated heterocycles. The zero-order chi connectivity index (χ0) is 21.3. The summed E-state index contributed by atoms with van der Waals surface area (Å²) in [6, 6.07) is 4.40. The minimum absolute atomic E-state index is 0.0741. The van der Waals surface area contributed by atoms with E-state index in [0.29, 0.717) is 37.9 Å². The number of carbonyl (C=O) groups is 1. The largest absolute Gasteiger partial charge is 0.318 e. The van der Waals surface area contributed by atoms with Crippen molar-refractivity contribution in [2.24, 2.45) is 5.92 Å². The van der Waals surface area contributed by atoms with Gasteiger partial charge in [-0.3, -0.25) is 4.79 Å². The Hall–Kier alpha value is -1.91. The van der Waals surface area contributed by atoms with Crippen LogP contribution >= 0.6 is 15.9 Å². The zero-order valence-corrected chi connectivity index (χ0v) is 17.8. The van der Waals surface area contributed by atoms with Crippen molar-refractivity contribution in [2.75, 3.05) is 18.4 Å². The van der Waals surface area contributed by atoms with Crippen LogP contribution in [0.5, 0.6) is 0 Å². The molecular formula is C19H18BrF3N2O3S. The lowest BCUT2D eigenvalue weighted by Gasteiger charge is -2.29. The molecule has 0 saturated carbocycles. The molecule has 0 radical (unpaired) electrons. The number of hydrogen-bond donors (Lipinski definition) is 1. The van der Waals surface area contributed by atoms with Gasteiger partial charge in [0.1, 0.15) is 11.6 Å². The van der Waals surface area contributed by atoms with Crippen LogP contribution in [-0.2, 0) is 10.0 Å². The fourth-order valence-electron chi connectivity index (χ4n) is 3.06. The first-order chi connectivity index (χ1) is 13.6. The average molecular weight is 491 g/mol. The lowest BCUT2D eigenvalue weighted by atomic mass is 10.0. The van der Waals surface area contributed by atoms with Crippen LogP contribution < -0.4 is 5.32 Å². The summed E-state index contributed by atoms with van der Waals surface area (Å²) in [5.41, 5.74) is -0.943. The number of sulfonamides is 1. The monoisotopic (exact) mass is 490 g/mol. The summed E-state index contributed by atoms with van der Waals surface area (Å²) < 4.78 is 68.3. The molecule has 1 N–H and O–H groups in total. The Bertz CT molecular complexity index is 1030. The van der Waals surface area contributed by atoms with E-state index in [1.807, 2.05) is 6.92 Å². The van der Waals surface area contributed by atoms with E-state index in [0.717, 1.165) is 24.3 Å². The van der Waals surface area contributed by atoms with E-state index in [2.05, 4.69) is 21.2 Å². The molecule has 1 fully saturated rings. The predicted octanol–water partition coefficient (Wildman–Crippen LogP) is 4.54. The second-order valence-corrected chi connectivity index (χ2v) is 9.72. The number of amides is 1. The maximum absolute atomic E-state index is 14.2. The minimum atomic E-state index is -3.90. The fourth-order valence-corrected chi connectivity index (χ4v) is 5.06. The number of nitrogens with zero attached hydrogens (tertiary/aromatic N) is 1. The Morgan fingerprint density at radius 2 is 1.76 bits per heavy atom. The summed E-state index contributed by atoms with van der Waals surface area (Å²) in [4.78, 5) is 12.3. The first kappa shape index (κ1) is 21.8. The van der Waals surface area contributed by atoms with Crippen molar-refractivity contribution in [3.63, 3.8) is 0 Å². The molecule has 10 heteroatoms. The summed E-state index contributed by atoms with van der Waals surface area (Å²) in [6.07, 6.45) is 1.43. The Labute approximate surface area is 175 Å². The molecule has 1 heterocycles. The summed E-state index contributed by atoms with van der Waals surface area (Å²) in [5, 5.41) is 2.15. The van der Waals surface area contributed by atoms with Gasteiger partial charge in [-0.15, -0.1) is 0 Å². The Morgan fingerprint density at radius 1 is 1.10 bits per heavy atom. The van der Waals surface area contributed by atoms with Crippen LogP contribution in [0, 0.1) is 23.4 Å². The quantitative estimate of drug-likeness (QED) is 0.683. The third kappa shape index (κ3) is 4.65. The van der Waals surface area contributed by atoms with Gasteiger partial charge in [-0.05, 0) is 59.0 Å². The van der Waals surface area contributed by atoms with Crippen LogP contribution in [0.4, 0.5) is 18.9 Å². The Balaban J connectivity index is 1.90. The number of rotatable bonds is 4. The molecule has 0 unspecified atom stereocenters. The van der Waals surface area contributed by atoms with Crippen molar-refractivity contribution < 1.29 is 26.4 Å². The van der Waals surface area contributed by atoms with Gasteiger partial charge in [0.05, 0.1) is 16.1 Å². The molecule has 5 nitrogen and oxygen atoms in total. The second kappa shape index (κ2) is 8.45. The Kier molecular flexibility index (Phi) is 6.35. The molecule has 3 rings (SSSR count). The van der Waals surface area contributed by atoms with Crippen molar-refractivity contribution in [1.82, 2.24) is 4.31 Å². The lowest BCUT2D eigenvalue weighted by molar-refractivity contribution is 0.102. The third-order valence-corrected chi connectivity index (χ3v) is 7.33. The van der Waals surface area contributed by atoms with Crippen LogP contribution in [0.25, 0.3) is 0 Å². The van der Waals surface area contributed by atoms with E-state index in [1.54, 1.807) is 0 Å². The fraction of sp³-hybridized carbons (Fsp3) is 0.316. The molecule has 0 bridgehead atoms. The second-order valence-electron chi connectivity index (χ2n) is 6.93. The predicted molar refractivity (Wildman–Crippen MR) is 106 cm³/mol. The van der Waals surface area contributed by atoms with E-state index in [4.69, 9.17) is 0 Å². The number of anilines is 1. The van der Waals surface area contributed by atoms with Crippen molar-refractivity contribution in [3.8, 4) is 0 Å². The molecule has 0 aromatic heterocycles. The minimum Gasteiger partial charge on any atom is -0.318 e. The van der Waals surface area contributed by atoms with Crippen LogP contribution in [0.15, 0.2) is 39.7 Å². The van der Waals surface area contributed by atoms with Gasteiger partial charge in [0.25, 0.3) is 5.91 Å². The highest BCUT2D eigenvalue weighted by atomic mass is 79.9. The van der Waals surface area contributed by atoms with Crippen molar-refractivity contribution in [3.05, 3.63) is 57.8 Å². The maximum Gasteiger partial charge on any atom is 0.258 e. The first-order valence-electron chi connectivity index (χ1n) is 8.85. The number of halogens is 4. The topological polar surface area (TPSA) is 66.5 Å². The zero-order valence-electron chi connectivity index (χ0n) is 15.4. The molecule has 1 amide bonds. The van der Waals surface area contributed by atoms with Gasteiger partial charge in [0.15, 0.2) is 5.82 Å². The van der Waals surface area contributed by atoms with Crippen molar-refractivity contribution >= 4 is 37.5 Å². The van der Waals surface area contributed by atoms with Crippen molar-refractivity contribution in [1.29, 1.82) is 0 Å². The van der Waals surface area contributed by atoms with Gasteiger partial charge < -0.3 is 5.32 Å². The maximum atomic E-state index is 14.2. The van der Waals surface area contributed by atoms with Gasteiger partial charge in [0, 0.05) is 23.6 Å². The standard InChI is InChI=1S/C19H18BrF3N2O3S/c1-11-4-6-25(7-5-11)29(27,28)13-2-3-16(22)14(10-13)19(26)24-18-15(20)8-12(21)9-17(18)23/h2-3,8-11H,4-7H2,1H3,(H,24,26). The molecule has 0 aliphatic carbocycles. The van der Waals surface area contributed by atoms with Gasteiger partial charge in [-0.25, -0.2) is 21.6 Å². The molecule has 156 valence electrons. The number of benzene rings is 2. The smallest absolute Gasteiger partial charge is 0.258 e. The van der Waals surface area contributed by atoms with Gasteiger partial charge >= 0.3 is 0 Å². The van der Waals surface area contributed by atoms with Crippen molar-refractivity contribution in [2.45, 2.75) is 24.7 Å². The van der Waals surface area contributed by atoms with Gasteiger partial charge in [-0.2, -0.15) is 4.31 Å². The van der Waals surface area contributed by atoms with Crippen LogP contribution in [0.3, 0.4) is 0 Å². The Morgan fingerprint density at radius 3 is 2.38 bits per heavy atom. The molecule has 1 aliphatic rings. The SMILES string of the molecule is CC1CCN(S(=O)(=O)c2ccc(F)c(C(=O)Nc3c(F)cc(F)cc3Br)c2)CC1. The van der Waals surface area contributed by atoms with E-state index < -0.39 is 38.9 Å². The number of nitrogens with one attached hydrogen (secondary N) is 1. The van der Waals surface area contributed by atoms with Crippen LogP contribution in [0.1, 0.15) is 30.1 Å². The van der Waals surface area contributed by atoms with E-state index in [-0.39, 0.29) is 15.1 Å². The molecule has 0 spiro atoms. The number of carbonyl (C=O) groups excluding carboxylic acids is 1. The molecule has 2 aromatic carbocycles. The summed E-state index contributed by atoms with van der Waals surface area (Å²) in [5.74, 6) is -3.52. The highest BCUT2D eigenvalue weighted by molar-refractivity contribution is 9.10. The summed E-state index contributed by atoms with van der Waals surface area (Å²) in [7, 11) is -3.90. The van der Waals surface area contributed by atoms with E-state index in [9.17, 15) is 26.4 Å². The summed E-state index contributed by atoms with van der Waals surface area (Å²) >= 11 is 2.93. The third-order valence-electron chi connectivity index (χ3n) is 4.81. The normalized spacial score (nSPS) is 16.0.